The third kappa shape index (κ3) is 3.65. The van der Waals surface area contributed by atoms with Gasteiger partial charge in [-0.2, -0.15) is 0 Å². The molecule has 1 aliphatic carbocycles. The second kappa shape index (κ2) is 5.95. The highest BCUT2D eigenvalue weighted by molar-refractivity contribution is 5.80. The normalized spacial score (nSPS) is 16.3. The molecule has 1 aromatic rings. The number of halogens is 1. The number of carbonyl (C=O) groups excluding carboxylic acids is 1. The summed E-state index contributed by atoms with van der Waals surface area (Å²) in [4.78, 5) is 11.8. The van der Waals surface area contributed by atoms with Gasteiger partial charge in [-0.25, -0.2) is 4.39 Å². The van der Waals surface area contributed by atoms with Crippen molar-refractivity contribution in [3.05, 3.63) is 35.6 Å². The predicted octanol–water partition coefficient (Wildman–Crippen LogP) is 3.91. The molecule has 2 heteroatoms. The molecule has 0 unspecified atom stereocenters. The lowest BCUT2D eigenvalue weighted by Crippen LogP contribution is -2.06. The highest BCUT2D eigenvalue weighted by atomic mass is 19.1. The third-order valence-corrected chi connectivity index (χ3v) is 3.65. The van der Waals surface area contributed by atoms with E-state index in [-0.39, 0.29) is 18.0 Å². The molecule has 0 radical (unpaired) electrons. The molecule has 1 aromatic carbocycles. The summed E-state index contributed by atoms with van der Waals surface area (Å²) in [7, 11) is 0. The van der Waals surface area contributed by atoms with Crippen LogP contribution in [0, 0.1) is 11.7 Å². The molecular formula is C15H19FO. The third-order valence-electron chi connectivity index (χ3n) is 3.65. The zero-order valence-electron chi connectivity index (χ0n) is 10.1. The molecule has 0 amide bonds. The van der Waals surface area contributed by atoms with E-state index in [9.17, 15) is 9.18 Å². The van der Waals surface area contributed by atoms with Crippen LogP contribution in [0.1, 0.15) is 44.1 Å². The topological polar surface area (TPSA) is 17.1 Å². The van der Waals surface area contributed by atoms with E-state index in [1.54, 1.807) is 18.2 Å². The molecule has 1 nitrogen and oxygen atoms in total. The van der Waals surface area contributed by atoms with Crippen molar-refractivity contribution in [1.29, 1.82) is 0 Å². The SMILES string of the molecule is O=C(CCC1CCCC1)Cc1ccccc1F. The van der Waals surface area contributed by atoms with E-state index in [0.717, 1.165) is 12.3 Å². The average Bonchev–Trinajstić information content (AvgIpc) is 2.82. The van der Waals surface area contributed by atoms with Crippen molar-refractivity contribution in [2.45, 2.75) is 44.9 Å². The Kier molecular flexibility index (Phi) is 4.29. The second-order valence-electron chi connectivity index (χ2n) is 5.00. The van der Waals surface area contributed by atoms with Crippen molar-refractivity contribution in [1.82, 2.24) is 0 Å². The van der Waals surface area contributed by atoms with E-state index < -0.39 is 0 Å². The number of rotatable bonds is 5. The van der Waals surface area contributed by atoms with Gasteiger partial charge in [0.1, 0.15) is 11.6 Å². The van der Waals surface area contributed by atoms with Crippen LogP contribution in [0.5, 0.6) is 0 Å². The Labute approximate surface area is 102 Å². The van der Waals surface area contributed by atoms with Crippen molar-refractivity contribution >= 4 is 5.78 Å². The van der Waals surface area contributed by atoms with E-state index in [2.05, 4.69) is 0 Å². The van der Waals surface area contributed by atoms with E-state index in [0.29, 0.717) is 12.0 Å². The molecule has 1 aliphatic rings. The van der Waals surface area contributed by atoms with Gasteiger partial charge >= 0.3 is 0 Å². The van der Waals surface area contributed by atoms with Crippen LogP contribution in [-0.4, -0.2) is 5.78 Å². The molecule has 0 atom stereocenters. The zero-order chi connectivity index (χ0) is 12.1. The number of hydrogen-bond acceptors (Lipinski definition) is 1. The molecule has 17 heavy (non-hydrogen) atoms. The lowest BCUT2D eigenvalue weighted by molar-refractivity contribution is -0.118. The Hall–Kier alpha value is -1.18. The van der Waals surface area contributed by atoms with Gasteiger partial charge in [0.05, 0.1) is 0 Å². The van der Waals surface area contributed by atoms with Crippen LogP contribution in [0.3, 0.4) is 0 Å². The molecule has 1 fully saturated rings. The number of hydrogen-bond donors (Lipinski definition) is 0. The molecule has 0 spiro atoms. The largest absolute Gasteiger partial charge is 0.299 e. The summed E-state index contributed by atoms with van der Waals surface area (Å²) >= 11 is 0. The Balaban J connectivity index is 1.79. The first kappa shape index (κ1) is 12.3. The first-order valence-electron chi connectivity index (χ1n) is 6.51. The number of benzene rings is 1. The van der Waals surface area contributed by atoms with Crippen molar-refractivity contribution < 1.29 is 9.18 Å². The van der Waals surface area contributed by atoms with Gasteiger partial charge in [0.15, 0.2) is 0 Å². The molecule has 1 saturated carbocycles. The standard InChI is InChI=1S/C15H19FO/c16-15-8-4-3-7-13(15)11-14(17)10-9-12-5-1-2-6-12/h3-4,7-8,12H,1-2,5-6,9-11H2. The van der Waals surface area contributed by atoms with Crippen LogP contribution in [0.15, 0.2) is 24.3 Å². The molecule has 0 saturated heterocycles. The number of carbonyl (C=O) groups is 1. The summed E-state index contributed by atoms with van der Waals surface area (Å²) in [6.45, 7) is 0. The Morgan fingerprint density at radius 3 is 2.65 bits per heavy atom. The van der Waals surface area contributed by atoms with Gasteiger partial charge in [-0.15, -0.1) is 0 Å². The van der Waals surface area contributed by atoms with E-state index >= 15 is 0 Å². The number of Topliss-reactive ketones (excluding diaryl/α,β-unsaturated/α-hetero) is 1. The fourth-order valence-electron chi connectivity index (χ4n) is 2.61. The summed E-state index contributed by atoms with van der Waals surface area (Å²) in [6.07, 6.45) is 7.02. The van der Waals surface area contributed by atoms with Gasteiger partial charge in [0.2, 0.25) is 0 Å². The van der Waals surface area contributed by atoms with Crippen molar-refractivity contribution in [2.24, 2.45) is 5.92 Å². The monoisotopic (exact) mass is 234 g/mol. The molecular weight excluding hydrogens is 215 g/mol. The lowest BCUT2D eigenvalue weighted by Gasteiger charge is -2.07. The fourth-order valence-corrected chi connectivity index (χ4v) is 2.61. The van der Waals surface area contributed by atoms with Crippen LogP contribution >= 0.6 is 0 Å². The van der Waals surface area contributed by atoms with Gasteiger partial charge in [-0.3, -0.25) is 4.79 Å². The molecule has 0 heterocycles. The van der Waals surface area contributed by atoms with Crippen molar-refractivity contribution in [2.75, 3.05) is 0 Å². The first-order valence-corrected chi connectivity index (χ1v) is 6.51. The minimum Gasteiger partial charge on any atom is -0.299 e. The van der Waals surface area contributed by atoms with Crippen molar-refractivity contribution in [3.8, 4) is 0 Å². The van der Waals surface area contributed by atoms with Gasteiger partial charge in [0.25, 0.3) is 0 Å². The van der Waals surface area contributed by atoms with Crippen LogP contribution < -0.4 is 0 Å². The summed E-state index contributed by atoms with van der Waals surface area (Å²) < 4.78 is 13.3. The highest BCUT2D eigenvalue weighted by Gasteiger charge is 2.16. The minimum atomic E-state index is -0.262. The highest BCUT2D eigenvalue weighted by Crippen LogP contribution is 2.28. The van der Waals surface area contributed by atoms with Gasteiger partial charge < -0.3 is 0 Å². The van der Waals surface area contributed by atoms with Crippen LogP contribution in [-0.2, 0) is 11.2 Å². The summed E-state index contributed by atoms with van der Waals surface area (Å²) in [6, 6.07) is 6.55. The smallest absolute Gasteiger partial charge is 0.137 e. The zero-order valence-corrected chi connectivity index (χ0v) is 10.1. The lowest BCUT2D eigenvalue weighted by atomic mass is 9.97. The second-order valence-corrected chi connectivity index (χ2v) is 5.00. The van der Waals surface area contributed by atoms with E-state index in [4.69, 9.17) is 0 Å². The maximum absolute atomic E-state index is 13.3. The summed E-state index contributed by atoms with van der Waals surface area (Å²) in [5.41, 5.74) is 0.531. The van der Waals surface area contributed by atoms with Crippen LogP contribution in [0.25, 0.3) is 0 Å². The maximum Gasteiger partial charge on any atom is 0.137 e. The van der Waals surface area contributed by atoms with Gasteiger partial charge in [-0.1, -0.05) is 43.9 Å². The van der Waals surface area contributed by atoms with E-state index in [1.165, 1.54) is 31.7 Å². The maximum atomic E-state index is 13.3. The van der Waals surface area contributed by atoms with Crippen LogP contribution in [0.2, 0.25) is 0 Å². The Morgan fingerprint density at radius 2 is 1.94 bits per heavy atom. The summed E-state index contributed by atoms with van der Waals surface area (Å²) in [5.74, 6) is 0.642. The van der Waals surface area contributed by atoms with Crippen LogP contribution in [0.4, 0.5) is 4.39 Å². The Bertz CT molecular complexity index is 380. The van der Waals surface area contributed by atoms with E-state index in [1.807, 2.05) is 0 Å². The quantitative estimate of drug-likeness (QED) is 0.755. The fraction of sp³-hybridized carbons (Fsp3) is 0.533. The Morgan fingerprint density at radius 1 is 1.24 bits per heavy atom. The molecule has 92 valence electrons. The predicted molar refractivity (Wildman–Crippen MR) is 66.3 cm³/mol. The first-order chi connectivity index (χ1) is 8.25. The molecule has 2 rings (SSSR count). The summed E-state index contributed by atoms with van der Waals surface area (Å²) in [5, 5.41) is 0. The molecule has 0 bridgehead atoms. The minimum absolute atomic E-state index is 0.169. The van der Waals surface area contributed by atoms with Gasteiger partial charge in [0, 0.05) is 12.8 Å². The van der Waals surface area contributed by atoms with Crippen molar-refractivity contribution in [3.63, 3.8) is 0 Å². The van der Waals surface area contributed by atoms with Gasteiger partial charge in [-0.05, 0) is 24.0 Å². The molecule has 0 aromatic heterocycles. The molecule has 0 aliphatic heterocycles. The number of ketones is 1. The molecule has 0 N–H and O–H groups in total. The average molecular weight is 234 g/mol.